The summed E-state index contributed by atoms with van der Waals surface area (Å²) in [7, 11) is -4.42. The largest absolute Gasteiger partial charge is 0.345 e. The first-order valence-corrected chi connectivity index (χ1v) is 9.88. The number of aromatic nitrogens is 2. The van der Waals surface area contributed by atoms with Gasteiger partial charge in [0.05, 0.1) is 26.1 Å². The standard InChI is InChI=1S/C14H10Cl3N2O3PS/c15-8-2-1-6(3-10(8)17)7-4-11-12(5-9(7)16)19-13(18-11)14(24)23(20,21)22/h1-5,14,24H,(H,18,19)(H2,20,21,22). The maximum atomic E-state index is 11.3. The summed E-state index contributed by atoms with van der Waals surface area (Å²) in [6, 6.07) is 8.45. The van der Waals surface area contributed by atoms with Gasteiger partial charge in [-0.1, -0.05) is 40.9 Å². The first-order chi connectivity index (χ1) is 11.2. The van der Waals surface area contributed by atoms with E-state index in [2.05, 4.69) is 22.6 Å². The molecule has 0 bridgehead atoms. The number of halogens is 3. The minimum absolute atomic E-state index is 0.0732. The molecule has 10 heteroatoms. The minimum atomic E-state index is -4.42. The second-order valence-corrected chi connectivity index (χ2v) is 8.90. The molecule has 3 rings (SSSR count). The summed E-state index contributed by atoms with van der Waals surface area (Å²) in [6.07, 6.45) is 0. The van der Waals surface area contributed by atoms with E-state index in [1.807, 2.05) is 0 Å². The number of thiol groups is 1. The van der Waals surface area contributed by atoms with Crippen LogP contribution in [0.1, 0.15) is 10.8 Å². The monoisotopic (exact) mass is 422 g/mol. The molecule has 0 aliphatic heterocycles. The lowest BCUT2D eigenvalue weighted by atomic mass is 10.1. The molecule has 1 unspecified atom stereocenters. The molecule has 1 aromatic heterocycles. The third-order valence-corrected chi connectivity index (χ3v) is 6.46. The highest BCUT2D eigenvalue weighted by atomic mass is 35.5. The minimum Gasteiger partial charge on any atom is -0.340 e. The van der Waals surface area contributed by atoms with E-state index in [0.29, 0.717) is 31.7 Å². The van der Waals surface area contributed by atoms with Crippen LogP contribution < -0.4 is 0 Å². The van der Waals surface area contributed by atoms with Crippen molar-refractivity contribution in [1.82, 2.24) is 9.97 Å². The first kappa shape index (κ1) is 18.1. The van der Waals surface area contributed by atoms with Gasteiger partial charge in [-0.3, -0.25) is 4.57 Å². The highest BCUT2D eigenvalue weighted by Crippen LogP contribution is 2.53. The molecule has 3 N–H and O–H groups in total. The highest BCUT2D eigenvalue weighted by Gasteiger charge is 2.29. The number of fused-ring (bicyclic) bond motifs is 1. The number of rotatable bonds is 3. The lowest BCUT2D eigenvalue weighted by molar-refractivity contribution is 0.370. The van der Waals surface area contributed by atoms with Gasteiger partial charge >= 0.3 is 7.60 Å². The maximum Gasteiger partial charge on any atom is 0.345 e. The van der Waals surface area contributed by atoms with Crippen LogP contribution in [0.2, 0.25) is 15.1 Å². The third-order valence-electron chi connectivity index (χ3n) is 3.38. The van der Waals surface area contributed by atoms with Gasteiger partial charge in [-0.25, -0.2) is 4.98 Å². The molecule has 0 saturated heterocycles. The van der Waals surface area contributed by atoms with Crippen LogP contribution in [0, 0.1) is 0 Å². The lowest BCUT2D eigenvalue weighted by Crippen LogP contribution is -1.94. The number of imidazole rings is 1. The fraction of sp³-hybridized carbons (Fsp3) is 0.0714. The zero-order valence-corrected chi connectivity index (χ0v) is 15.8. The van der Waals surface area contributed by atoms with Crippen molar-refractivity contribution in [3.63, 3.8) is 0 Å². The topological polar surface area (TPSA) is 86.2 Å². The molecule has 2 aromatic carbocycles. The number of H-pyrrole nitrogens is 1. The smallest absolute Gasteiger partial charge is 0.340 e. The van der Waals surface area contributed by atoms with Crippen molar-refractivity contribution in [3.8, 4) is 11.1 Å². The molecule has 0 spiro atoms. The number of hydrogen-bond acceptors (Lipinski definition) is 3. The predicted octanol–water partition coefficient (Wildman–Crippen LogP) is 5.30. The molecular formula is C14H10Cl3N2O3PS. The van der Waals surface area contributed by atoms with E-state index in [4.69, 9.17) is 34.8 Å². The Morgan fingerprint density at radius 1 is 1.08 bits per heavy atom. The van der Waals surface area contributed by atoms with Gasteiger partial charge < -0.3 is 14.8 Å². The number of nitrogens with one attached hydrogen (secondary N) is 1. The molecule has 0 saturated carbocycles. The van der Waals surface area contributed by atoms with E-state index in [-0.39, 0.29) is 5.82 Å². The quantitative estimate of drug-likeness (QED) is 0.340. The van der Waals surface area contributed by atoms with E-state index in [1.54, 1.807) is 30.3 Å². The average molecular weight is 424 g/mol. The van der Waals surface area contributed by atoms with Gasteiger partial charge in [0.25, 0.3) is 0 Å². The van der Waals surface area contributed by atoms with Crippen LogP contribution in [0.3, 0.4) is 0 Å². The van der Waals surface area contributed by atoms with Crippen LogP contribution in [0.4, 0.5) is 0 Å². The van der Waals surface area contributed by atoms with E-state index in [9.17, 15) is 14.4 Å². The second kappa shape index (κ2) is 6.54. The molecule has 1 heterocycles. The molecule has 3 aromatic rings. The summed E-state index contributed by atoms with van der Waals surface area (Å²) in [5, 5.41) is 1.26. The molecule has 0 aliphatic rings. The third kappa shape index (κ3) is 3.46. The molecule has 126 valence electrons. The maximum absolute atomic E-state index is 11.3. The average Bonchev–Trinajstić information content (AvgIpc) is 2.90. The van der Waals surface area contributed by atoms with Crippen LogP contribution in [-0.4, -0.2) is 19.8 Å². The van der Waals surface area contributed by atoms with Crippen molar-refractivity contribution in [2.75, 3.05) is 0 Å². The number of benzene rings is 2. The van der Waals surface area contributed by atoms with Gasteiger partial charge in [0, 0.05) is 5.56 Å². The predicted molar refractivity (Wildman–Crippen MR) is 100 cm³/mol. The highest BCUT2D eigenvalue weighted by molar-refractivity contribution is 7.88. The first-order valence-electron chi connectivity index (χ1n) is 6.54. The van der Waals surface area contributed by atoms with Crippen LogP contribution in [0.15, 0.2) is 30.3 Å². The summed E-state index contributed by atoms with van der Waals surface area (Å²) in [4.78, 5) is 24.2. The van der Waals surface area contributed by atoms with Crippen molar-refractivity contribution in [3.05, 3.63) is 51.2 Å². The molecule has 0 amide bonds. The van der Waals surface area contributed by atoms with Crippen molar-refractivity contribution in [2.45, 2.75) is 4.99 Å². The molecule has 0 radical (unpaired) electrons. The van der Waals surface area contributed by atoms with Crippen molar-refractivity contribution in [2.24, 2.45) is 0 Å². The fourth-order valence-corrected chi connectivity index (χ4v) is 3.35. The molecule has 0 aliphatic carbocycles. The van der Waals surface area contributed by atoms with Gasteiger partial charge in [-0.15, -0.1) is 0 Å². The summed E-state index contributed by atoms with van der Waals surface area (Å²) in [5.74, 6) is 0.0732. The van der Waals surface area contributed by atoms with Gasteiger partial charge in [0.2, 0.25) is 0 Å². The number of hydrogen-bond donors (Lipinski definition) is 4. The Kier molecular flexibility index (Phi) is 4.93. The van der Waals surface area contributed by atoms with Gasteiger partial charge in [-0.2, -0.15) is 12.6 Å². The Hall–Kier alpha value is -0.720. The normalized spacial score (nSPS) is 13.4. The van der Waals surface area contributed by atoms with E-state index in [0.717, 1.165) is 5.56 Å². The summed E-state index contributed by atoms with van der Waals surface area (Å²) in [6.45, 7) is 0. The van der Waals surface area contributed by atoms with Crippen LogP contribution in [-0.2, 0) is 4.57 Å². The van der Waals surface area contributed by atoms with Crippen molar-refractivity contribution < 1.29 is 14.4 Å². The van der Waals surface area contributed by atoms with E-state index in [1.165, 1.54) is 0 Å². The van der Waals surface area contributed by atoms with Crippen LogP contribution >= 0.6 is 55.0 Å². The molecule has 5 nitrogen and oxygen atoms in total. The van der Waals surface area contributed by atoms with Gasteiger partial charge in [0.1, 0.15) is 5.82 Å². The Labute approximate surface area is 157 Å². The zero-order valence-electron chi connectivity index (χ0n) is 11.7. The summed E-state index contributed by atoms with van der Waals surface area (Å²) < 4.78 is 11.3. The molecule has 0 fully saturated rings. The van der Waals surface area contributed by atoms with E-state index < -0.39 is 12.6 Å². The van der Waals surface area contributed by atoms with E-state index >= 15 is 0 Å². The van der Waals surface area contributed by atoms with Gasteiger partial charge in [0.15, 0.2) is 4.99 Å². The van der Waals surface area contributed by atoms with Crippen LogP contribution in [0.25, 0.3) is 22.2 Å². The Bertz CT molecular complexity index is 989. The SMILES string of the molecule is O=P(O)(O)C(S)c1nc2cc(-c3ccc(Cl)c(Cl)c3)c(Cl)cc2[nH]1. The Morgan fingerprint density at radius 3 is 2.42 bits per heavy atom. The molecular weight excluding hydrogens is 414 g/mol. The van der Waals surface area contributed by atoms with Crippen molar-refractivity contribution >= 4 is 66.1 Å². The molecule has 1 atom stereocenters. The summed E-state index contributed by atoms with van der Waals surface area (Å²) >= 11 is 22.2. The number of nitrogens with zero attached hydrogens (tertiary/aromatic N) is 1. The second-order valence-electron chi connectivity index (χ2n) is 5.06. The number of aromatic amines is 1. The Morgan fingerprint density at radius 2 is 1.79 bits per heavy atom. The fourth-order valence-electron chi connectivity index (χ4n) is 2.22. The van der Waals surface area contributed by atoms with Gasteiger partial charge in [-0.05, 0) is 29.8 Å². The van der Waals surface area contributed by atoms with Crippen LogP contribution in [0.5, 0.6) is 0 Å². The Balaban J connectivity index is 2.13. The van der Waals surface area contributed by atoms with Crippen molar-refractivity contribution in [1.29, 1.82) is 0 Å². The zero-order chi connectivity index (χ0) is 17.6. The summed E-state index contributed by atoms with van der Waals surface area (Å²) in [5.41, 5.74) is 2.47. The lowest BCUT2D eigenvalue weighted by Gasteiger charge is -2.08. The molecule has 24 heavy (non-hydrogen) atoms.